The van der Waals surface area contributed by atoms with Gasteiger partial charge in [0.05, 0.1) is 11.4 Å². The predicted octanol–water partition coefficient (Wildman–Crippen LogP) is 4.61. The number of phenols is 1. The summed E-state index contributed by atoms with van der Waals surface area (Å²) in [5.41, 5.74) is 2.70. The van der Waals surface area contributed by atoms with E-state index in [0.717, 1.165) is 30.0 Å². The Hall–Kier alpha value is -1.87. The highest BCUT2D eigenvalue weighted by atomic mass is 35.5. The van der Waals surface area contributed by atoms with Gasteiger partial charge in [0.2, 0.25) is 0 Å². The van der Waals surface area contributed by atoms with Gasteiger partial charge in [-0.2, -0.15) is 0 Å². The maximum atomic E-state index is 9.56. The molecule has 0 bridgehead atoms. The Morgan fingerprint density at radius 1 is 1.11 bits per heavy atom. The first-order chi connectivity index (χ1) is 9.19. The molecule has 0 heterocycles. The molecule has 0 spiro atoms. The van der Waals surface area contributed by atoms with Gasteiger partial charge in [0.25, 0.3) is 0 Å². The van der Waals surface area contributed by atoms with E-state index in [9.17, 15) is 5.11 Å². The molecule has 2 aromatic rings. The van der Waals surface area contributed by atoms with Crippen LogP contribution in [0.3, 0.4) is 0 Å². The lowest BCUT2D eigenvalue weighted by molar-refractivity contribution is 0.475. The van der Waals surface area contributed by atoms with Crippen LogP contribution < -0.4 is 10.6 Å². The molecule has 0 aliphatic heterocycles. The average Bonchev–Trinajstić information content (AvgIpc) is 2.39. The van der Waals surface area contributed by atoms with Crippen molar-refractivity contribution in [2.45, 2.75) is 13.3 Å². The molecule has 0 fully saturated rings. The van der Waals surface area contributed by atoms with Gasteiger partial charge in [-0.3, -0.25) is 0 Å². The summed E-state index contributed by atoms with van der Waals surface area (Å²) < 4.78 is 0. The number of rotatable bonds is 5. The standard InChI is InChI=1S/C15H17ClN2O/c1-2-8-17-15-10-13(19)6-7-14(15)18-12-5-3-4-11(16)9-12/h3-7,9-10,17-19H,2,8H2,1H3. The quantitative estimate of drug-likeness (QED) is 0.699. The molecular weight excluding hydrogens is 260 g/mol. The second-order valence-corrected chi connectivity index (χ2v) is 4.73. The van der Waals surface area contributed by atoms with Gasteiger partial charge in [-0.05, 0) is 36.8 Å². The lowest BCUT2D eigenvalue weighted by Crippen LogP contribution is -2.03. The minimum absolute atomic E-state index is 0.246. The van der Waals surface area contributed by atoms with Crippen LogP contribution in [0, 0.1) is 0 Å². The van der Waals surface area contributed by atoms with E-state index in [0.29, 0.717) is 5.02 Å². The molecule has 0 saturated heterocycles. The van der Waals surface area contributed by atoms with E-state index in [1.165, 1.54) is 0 Å². The zero-order chi connectivity index (χ0) is 13.7. The van der Waals surface area contributed by atoms with Crippen LogP contribution in [0.2, 0.25) is 5.02 Å². The third-order valence-corrected chi connectivity index (χ3v) is 2.91. The van der Waals surface area contributed by atoms with Crippen molar-refractivity contribution in [3.05, 3.63) is 47.5 Å². The summed E-state index contributed by atoms with van der Waals surface area (Å²) in [6.45, 7) is 2.95. The van der Waals surface area contributed by atoms with Crippen LogP contribution >= 0.6 is 11.6 Å². The Morgan fingerprint density at radius 2 is 1.95 bits per heavy atom. The smallest absolute Gasteiger partial charge is 0.117 e. The lowest BCUT2D eigenvalue weighted by Gasteiger charge is -2.14. The van der Waals surface area contributed by atoms with Crippen molar-refractivity contribution in [1.29, 1.82) is 0 Å². The molecule has 19 heavy (non-hydrogen) atoms. The lowest BCUT2D eigenvalue weighted by atomic mass is 10.2. The van der Waals surface area contributed by atoms with Gasteiger partial charge in [0.15, 0.2) is 0 Å². The number of benzene rings is 2. The van der Waals surface area contributed by atoms with Crippen LogP contribution in [0.15, 0.2) is 42.5 Å². The highest BCUT2D eigenvalue weighted by molar-refractivity contribution is 6.30. The van der Waals surface area contributed by atoms with Crippen LogP contribution in [0.25, 0.3) is 0 Å². The predicted molar refractivity (Wildman–Crippen MR) is 81.6 cm³/mol. The van der Waals surface area contributed by atoms with Crippen LogP contribution in [0.5, 0.6) is 5.75 Å². The summed E-state index contributed by atoms with van der Waals surface area (Å²) in [6.07, 6.45) is 1.02. The zero-order valence-corrected chi connectivity index (χ0v) is 11.5. The highest BCUT2D eigenvalue weighted by Gasteiger charge is 2.04. The van der Waals surface area contributed by atoms with Crippen molar-refractivity contribution in [2.75, 3.05) is 17.2 Å². The van der Waals surface area contributed by atoms with E-state index >= 15 is 0 Å². The molecule has 2 aromatic carbocycles. The van der Waals surface area contributed by atoms with Gasteiger partial charge in [-0.1, -0.05) is 24.6 Å². The molecule has 100 valence electrons. The molecular formula is C15H17ClN2O. The summed E-state index contributed by atoms with van der Waals surface area (Å²) in [5, 5.41) is 16.8. The molecule has 3 nitrogen and oxygen atoms in total. The topological polar surface area (TPSA) is 44.3 Å². The number of phenolic OH excluding ortho intramolecular Hbond substituents is 1. The SMILES string of the molecule is CCCNc1cc(O)ccc1Nc1cccc(Cl)c1. The Kier molecular flexibility index (Phi) is 4.53. The molecule has 2 rings (SSSR count). The normalized spacial score (nSPS) is 10.2. The molecule has 0 saturated carbocycles. The summed E-state index contributed by atoms with van der Waals surface area (Å²) in [4.78, 5) is 0. The second kappa shape index (κ2) is 6.34. The van der Waals surface area contributed by atoms with E-state index < -0.39 is 0 Å². The Bertz CT molecular complexity index is 558. The van der Waals surface area contributed by atoms with E-state index in [4.69, 9.17) is 11.6 Å². The van der Waals surface area contributed by atoms with Crippen molar-refractivity contribution in [1.82, 2.24) is 0 Å². The van der Waals surface area contributed by atoms with Crippen molar-refractivity contribution in [2.24, 2.45) is 0 Å². The fourth-order valence-electron chi connectivity index (χ4n) is 1.77. The van der Waals surface area contributed by atoms with E-state index in [1.54, 1.807) is 12.1 Å². The number of anilines is 3. The van der Waals surface area contributed by atoms with E-state index in [2.05, 4.69) is 17.6 Å². The first kappa shape index (κ1) is 13.6. The maximum Gasteiger partial charge on any atom is 0.117 e. The zero-order valence-electron chi connectivity index (χ0n) is 10.8. The molecule has 0 aliphatic rings. The van der Waals surface area contributed by atoms with Crippen molar-refractivity contribution in [3.8, 4) is 5.75 Å². The first-order valence-electron chi connectivity index (χ1n) is 6.28. The second-order valence-electron chi connectivity index (χ2n) is 4.29. The van der Waals surface area contributed by atoms with Gasteiger partial charge in [0, 0.05) is 23.3 Å². The van der Waals surface area contributed by atoms with Crippen molar-refractivity contribution >= 4 is 28.7 Å². The minimum Gasteiger partial charge on any atom is -0.508 e. The van der Waals surface area contributed by atoms with Gasteiger partial charge in [-0.15, -0.1) is 0 Å². The fraction of sp³-hybridized carbons (Fsp3) is 0.200. The molecule has 0 atom stereocenters. The first-order valence-corrected chi connectivity index (χ1v) is 6.66. The Balaban J connectivity index is 2.23. The summed E-state index contributed by atoms with van der Waals surface area (Å²) in [7, 11) is 0. The molecule has 0 amide bonds. The maximum absolute atomic E-state index is 9.56. The summed E-state index contributed by atoms with van der Waals surface area (Å²) in [5.74, 6) is 0.246. The van der Waals surface area contributed by atoms with Crippen LogP contribution in [-0.4, -0.2) is 11.7 Å². The third kappa shape index (κ3) is 3.80. The average molecular weight is 277 g/mol. The number of aromatic hydroxyl groups is 1. The largest absolute Gasteiger partial charge is 0.508 e. The Labute approximate surface area is 118 Å². The number of hydrogen-bond donors (Lipinski definition) is 3. The third-order valence-electron chi connectivity index (χ3n) is 2.67. The molecule has 0 aromatic heterocycles. The van der Waals surface area contributed by atoms with Gasteiger partial charge < -0.3 is 15.7 Å². The van der Waals surface area contributed by atoms with Crippen LogP contribution in [0.1, 0.15) is 13.3 Å². The molecule has 0 radical (unpaired) electrons. The summed E-state index contributed by atoms with van der Waals surface area (Å²) >= 11 is 5.96. The van der Waals surface area contributed by atoms with Gasteiger partial charge >= 0.3 is 0 Å². The van der Waals surface area contributed by atoms with Crippen molar-refractivity contribution in [3.63, 3.8) is 0 Å². The van der Waals surface area contributed by atoms with Crippen LogP contribution in [0.4, 0.5) is 17.1 Å². The summed E-state index contributed by atoms with van der Waals surface area (Å²) in [6, 6.07) is 12.7. The fourth-order valence-corrected chi connectivity index (χ4v) is 1.96. The van der Waals surface area contributed by atoms with E-state index in [1.807, 2.05) is 30.3 Å². The minimum atomic E-state index is 0.246. The molecule has 4 heteroatoms. The highest BCUT2D eigenvalue weighted by Crippen LogP contribution is 2.29. The van der Waals surface area contributed by atoms with E-state index in [-0.39, 0.29) is 5.75 Å². The number of nitrogens with one attached hydrogen (secondary N) is 2. The molecule has 0 unspecified atom stereocenters. The number of halogens is 1. The Morgan fingerprint density at radius 3 is 2.68 bits per heavy atom. The monoisotopic (exact) mass is 276 g/mol. The van der Waals surface area contributed by atoms with Crippen molar-refractivity contribution < 1.29 is 5.11 Å². The molecule has 3 N–H and O–H groups in total. The van der Waals surface area contributed by atoms with Crippen LogP contribution in [-0.2, 0) is 0 Å². The number of hydrogen-bond acceptors (Lipinski definition) is 3. The molecule has 0 aliphatic carbocycles. The van der Waals surface area contributed by atoms with Gasteiger partial charge in [0.1, 0.15) is 5.75 Å². The van der Waals surface area contributed by atoms with Gasteiger partial charge in [-0.25, -0.2) is 0 Å².